The van der Waals surface area contributed by atoms with Crippen LogP contribution in [-0.4, -0.2) is 28.7 Å². The molecule has 1 aliphatic rings. The maximum absolute atomic E-state index is 11.8. The Morgan fingerprint density at radius 2 is 1.93 bits per heavy atom. The summed E-state index contributed by atoms with van der Waals surface area (Å²) in [7, 11) is 1.91. The van der Waals surface area contributed by atoms with Gasteiger partial charge in [0.2, 0.25) is 5.91 Å². The number of rotatable bonds is 3. The number of alkyl halides is 1. The van der Waals surface area contributed by atoms with Gasteiger partial charge in [-0.3, -0.25) is 4.79 Å². The van der Waals surface area contributed by atoms with Gasteiger partial charge < -0.3 is 4.90 Å². The standard InChI is InChI=1S/C11H20BrNO/c1-11(2,12)10(14)13(3)8-9-6-4-5-7-9/h9H,4-8H2,1-3H3. The molecule has 0 heterocycles. The highest BCUT2D eigenvalue weighted by atomic mass is 79.9. The molecular formula is C11H20BrNO. The molecule has 82 valence electrons. The van der Waals surface area contributed by atoms with Gasteiger partial charge in [-0.2, -0.15) is 0 Å². The van der Waals surface area contributed by atoms with E-state index in [-0.39, 0.29) is 5.91 Å². The Morgan fingerprint density at radius 1 is 1.43 bits per heavy atom. The summed E-state index contributed by atoms with van der Waals surface area (Å²) >= 11 is 3.40. The molecule has 0 atom stereocenters. The molecule has 1 fully saturated rings. The maximum Gasteiger partial charge on any atom is 0.238 e. The van der Waals surface area contributed by atoms with Crippen molar-refractivity contribution < 1.29 is 4.79 Å². The third-order valence-corrected chi connectivity index (χ3v) is 3.20. The highest BCUT2D eigenvalue weighted by Crippen LogP contribution is 2.26. The maximum atomic E-state index is 11.8. The predicted molar refractivity (Wildman–Crippen MR) is 62.6 cm³/mol. The number of halogens is 1. The molecule has 1 saturated carbocycles. The van der Waals surface area contributed by atoms with Crippen LogP contribution in [0.4, 0.5) is 0 Å². The van der Waals surface area contributed by atoms with Crippen molar-refractivity contribution in [3.63, 3.8) is 0 Å². The van der Waals surface area contributed by atoms with Crippen LogP contribution in [0.3, 0.4) is 0 Å². The van der Waals surface area contributed by atoms with Crippen molar-refractivity contribution in [1.82, 2.24) is 4.90 Å². The summed E-state index contributed by atoms with van der Waals surface area (Å²) in [4.78, 5) is 13.7. The van der Waals surface area contributed by atoms with Crippen LogP contribution in [0.1, 0.15) is 39.5 Å². The van der Waals surface area contributed by atoms with E-state index >= 15 is 0 Å². The topological polar surface area (TPSA) is 20.3 Å². The van der Waals surface area contributed by atoms with Gasteiger partial charge in [0.25, 0.3) is 0 Å². The number of carbonyl (C=O) groups excluding carboxylic acids is 1. The zero-order valence-corrected chi connectivity index (χ0v) is 10.9. The van der Waals surface area contributed by atoms with Crippen molar-refractivity contribution >= 4 is 21.8 Å². The number of hydrogen-bond acceptors (Lipinski definition) is 1. The van der Waals surface area contributed by atoms with E-state index in [2.05, 4.69) is 15.9 Å². The van der Waals surface area contributed by atoms with Crippen LogP contribution in [0.2, 0.25) is 0 Å². The number of hydrogen-bond donors (Lipinski definition) is 0. The van der Waals surface area contributed by atoms with E-state index in [1.807, 2.05) is 25.8 Å². The SMILES string of the molecule is CN(CC1CCCC1)C(=O)C(C)(C)Br. The van der Waals surface area contributed by atoms with Crippen molar-refractivity contribution in [2.75, 3.05) is 13.6 Å². The number of nitrogens with zero attached hydrogens (tertiary/aromatic N) is 1. The van der Waals surface area contributed by atoms with Gasteiger partial charge in [0, 0.05) is 13.6 Å². The molecule has 0 aromatic heterocycles. The lowest BCUT2D eigenvalue weighted by atomic mass is 10.1. The van der Waals surface area contributed by atoms with Gasteiger partial charge in [0.1, 0.15) is 0 Å². The molecule has 0 unspecified atom stereocenters. The van der Waals surface area contributed by atoms with Gasteiger partial charge in [-0.15, -0.1) is 0 Å². The highest BCUT2D eigenvalue weighted by molar-refractivity contribution is 9.10. The first-order valence-corrected chi connectivity index (χ1v) is 6.15. The molecule has 0 aliphatic heterocycles. The molecule has 0 aromatic carbocycles. The molecular weight excluding hydrogens is 242 g/mol. The van der Waals surface area contributed by atoms with E-state index in [0.29, 0.717) is 0 Å². The van der Waals surface area contributed by atoms with E-state index in [9.17, 15) is 4.79 Å². The fourth-order valence-corrected chi connectivity index (χ4v) is 2.42. The number of amides is 1. The van der Waals surface area contributed by atoms with Gasteiger partial charge >= 0.3 is 0 Å². The summed E-state index contributed by atoms with van der Waals surface area (Å²) in [5.41, 5.74) is 0. The zero-order valence-electron chi connectivity index (χ0n) is 9.35. The monoisotopic (exact) mass is 261 g/mol. The van der Waals surface area contributed by atoms with Crippen LogP contribution in [0.15, 0.2) is 0 Å². The first kappa shape index (κ1) is 12.0. The zero-order chi connectivity index (χ0) is 10.8. The lowest BCUT2D eigenvalue weighted by Gasteiger charge is -2.26. The van der Waals surface area contributed by atoms with Gasteiger partial charge in [-0.05, 0) is 32.6 Å². The van der Waals surface area contributed by atoms with E-state index < -0.39 is 4.32 Å². The molecule has 0 N–H and O–H groups in total. The lowest BCUT2D eigenvalue weighted by molar-refractivity contribution is -0.132. The highest BCUT2D eigenvalue weighted by Gasteiger charge is 2.28. The predicted octanol–water partition coefficient (Wildman–Crippen LogP) is 2.81. The van der Waals surface area contributed by atoms with Crippen molar-refractivity contribution in [1.29, 1.82) is 0 Å². The van der Waals surface area contributed by atoms with Crippen LogP contribution in [0.5, 0.6) is 0 Å². The Labute approximate surface area is 95.2 Å². The van der Waals surface area contributed by atoms with Gasteiger partial charge in [-0.25, -0.2) is 0 Å². The molecule has 0 radical (unpaired) electrons. The second-order valence-corrected chi connectivity index (χ2v) is 6.79. The molecule has 2 nitrogen and oxygen atoms in total. The average molecular weight is 262 g/mol. The quantitative estimate of drug-likeness (QED) is 0.716. The molecule has 0 spiro atoms. The first-order valence-electron chi connectivity index (χ1n) is 5.35. The van der Waals surface area contributed by atoms with Crippen LogP contribution in [0.25, 0.3) is 0 Å². The lowest BCUT2D eigenvalue weighted by Crippen LogP contribution is -2.41. The van der Waals surface area contributed by atoms with Gasteiger partial charge in [-0.1, -0.05) is 28.8 Å². The normalized spacial score (nSPS) is 18.6. The summed E-state index contributed by atoms with van der Waals surface area (Å²) < 4.78 is -0.416. The van der Waals surface area contributed by atoms with Crippen LogP contribution in [0, 0.1) is 5.92 Å². The molecule has 1 rings (SSSR count). The largest absolute Gasteiger partial charge is 0.344 e. The van der Waals surface area contributed by atoms with Crippen molar-refractivity contribution in [3.05, 3.63) is 0 Å². The molecule has 0 bridgehead atoms. The Kier molecular flexibility index (Phi) is 3.99. The fraction of sp³-hybridized carbons (Fsp3) is 0.909. The molecule has 1 aliphatic carbocycles. The van der Waals surface area contributed by atoms with Crippen molar-refractivity contribution in [2.45, 2.75) is 43.9 Å². The average Bonchev–Trinajstić information content (AvgIpc) is 2.53. The molecule has 3 heteroatoms. The second-order valence-electron chi connectivity index (χ2n) is 4.81. The van der Waals surface area contributed by atoms with Crippen LogP contribution < -0.4 is 0 Å². The Morgan fingerprint density at radius 3 is 2.36 bits per heavy atom. The Hall–Kier alpha value is -0.0500. The minimum Gasteiger partial charge on any atom is -0.344 e. The third kappa shape index (κ3) is 3.26. The third-order valence-electron chi connectivity index (χ3n) is 2.86. The van der Waals surface area contributed by atoms with E-state index in [4.69, 9.17) is 0 Å². The Balaban J connectivity index is 2.41. The summed E-state index contributed by atoms with van der Waals surface area (Å²) in [5.74, 6) is 0.920. The molecule has 1 amide bonds. The second kappa shape index (κ2) is 4.65. The van der Waals surface area contributed by atoms with Crippen molar-refractivity contribution in [2.24, 2.45) is 5.92 Å². The summed E-state index contributed by atoms with van der Waals surface area (Å²) in [6, 6.07) is 0. The first-order chi connectivity index (χ1) is 6.41. The Bertz CT molecular complexity index is 204. The summed E-state index contributed by atoms with van der Waals surface area (Å²) in [5, 5.41) is 0. The van der Waals surface area contributed by atoms with Crippen LogP contribution >= 0.6 is 15.9 Å². The minimum atomic E-state index is -0.416. The summed E-state index contributed by atoms with van der Waals surface area (Å²) in [6.07, 6.45) is 5.26. The van der Waals surface area contributed by atoms with Gasteiger partial charge in [0.15, 0.2) is 0 Å². The van der Waals surface area contributed by atoms with E-state index in [1.165, 1.54) is 25.7 Å². The fourth-order valence-electron chi connectivity index (χ4n) is 2.12. The smallest absolute Gasteiger partial charge is 0.238 e. The summed E-state index contributed by atoms with van der Waals surface area (Å²) in [6.45, 7) is 4.73. The molecule has 0 saturated heterocycles. The van der Waals surface area contributed by atoms with E-state index in [1.54, 1.807) is 0 Å². The van der Waals surface area contributed by atoms with Crippen LogP contribution in [-0.2, 0) is 4.79 Å². The van der Waals surface area contributed by atoms with E-state index in [0.717, 1.165) is 12.5 Å². The molecule has 14 heavy (non-hydrogen) atoms. The van der Waals surface area contributed by atoms with Crippen molar-refractivity contribution in [3.8, 4) is 0 Å². The number of carbonyl (C=O) groups is 1. The molecule has 0 aromatic rings. The van der Waals surface area contributed by atoms with Gasteiger partial charge in [0.05, 0.1) is 4.32 Å². The minimum absolute atomic E-state index is 0.185.